The molecule has 4 N–H and O–H groups in total. The maximum Gasteiger partial charge on any atom is 0.343 e. The van der Waals surface area contributed by atoms with E-state index < -0.39 is 17.8 Å². The van der Waals surface area contributed by atoms with Crippen LogP contribution in [-0.4, -0.2) is 25.2 Å². The molecule has 0 aliphatic heterocycles. The van der Waals surface area contributed by atoms with Crippen molar-refractivity contribution in [2.45, 2.75) is 26.2 Å². The fraction of sp³-hybridized carbons (Fsp3) is 0.214. The number of carbonyl (C=O) groups excluding carboxylic acids is 2. The molecule has 36 heavy (non-hydrogen) atoms. The topological polar surface area (TPSA) is 114 Å². The third-order valence-corrected chi connectivity index (χ3v) is 5.21. The summed E-state index contributed by atoms with van der Waals surface area (Å²) in [5.74, 6) is -1.43. The Morgan fingerprint density at radius 2 is 1.75 bits per heavy atom. The third kappa shape index (κ3) is 7.87. The molecule has 0 radical (unpaired) electrons. The van der Waals surface area contributed by atoms with Gasteiger partial charge in [-0.05, 0) is 66.1 Å². The molecule has 3 aromatic rings. The van der Waals surface area contributed by atoms with Gasteiger partial charge in [-0.25, -0.2) is 14.0 Å². The average Bonchev–Trinajstić information content (AvgIpc) is 2.86. The molecule has 188 valence electrons. The summed E-state index contributed by atoms with van der Waals surface area (Å²) in [5, 5.41) is 0. The lowest BCUT2D eigenvalue weighted by atomic mass is 10.1. The normalized spacial score (nSPS) is 10.8. The Morgan fingerprint density at radius 3 is 2.44 bits per heavy atom. The Bertz CT molecular complexity index is 1230. The monoisotopic (exact) mass is 492 g/mol. The van der Waals surface area contributed by atoms with Gasteiger partial charge >= 0.3 is 11.9 Å². The molecule has 0 fully saturated rings. The number of ether oxygens (including phenoxy) is 3. The number of nitrogens with two attached hydrogens (primary N) is 2. The van der Waals surface area contributed by atoms with Crippen LogP contribution in [0.25, 0.3) is 6.08 Å². The molecule has 7 nitrogen and oxygen atoms in total. The number of anilines is 2. The second kappa shape index (κ2) is 12.9. The Balaban J connectivity index is 1.47. The van der Waals surface area contributed by atoms with Gasteiger partial charge in [0.15, 0.2) is 11.6 Å². The van der Waals surface area contributed by atoms with Gasteiger partial charge in [-0.1, -0.05) is 31.5 Å². The van der Waals surface area contributed by atoms with Crippen molar-refractivity contribution in [1.82, 2.24) is 0 Å². The van der Waals surface area contributed by atoms with Crippen molar-refractivity contribution in [2.75, 3.05) is 24.7 Å². The molecule has 0 aliphatic rings. The van der Waals surface area contributed by atoms with E-state index in [0.29, 0.717) is 30.0 Å². The van der Waals surface area contributed by atoms with Crippen molar-refractivity contribution in [2.24, 2.45) is 0 Å². The molecule has 3 rings (SSSR count). The summed E-state index contributed by atoms with van der Waals surface area (Å²) in [5.41, 5.74) is 14.3. The number of esters is 2. The highest BCUT2D eigenvalue weighted by Gasteiger charge is 2.13. The fourth-order valence-corrected chi connectivity index (χ4v) is 3.20. The van der Waals surface area contributed by atoms with E-state index in [1.54, 1.807) is 48.5 Å². The Morgan fingerprint density at radius 1 is 0.972 bits per heavy atom. The van der Waals surface area contributed by atoms with Gasteiger partial charge in [-0.3, -0.25) is 0 Å². The number of rotatable bonds is 11. The summed E-state index contributed by atoms with van der Waals surface area (Å²) < 4.78 is 30.1. The molecule has 8 heteroatoms. The SMILES string of the molecule is CCCCOc1ccc(C(=O)Oc2ccc(/C=C/C(=O)OCCc3ccc(N)cc3N)cc2)cc1F. The second-order valence-corrected chi connectivity index (χ2v) is 8.01. The minimum atomic E-state index is -0.692. The van der Waals surface area contributed by atoms with Crippen LogP contribution in [0.4, 0.5) is 15.8 Å². The molecule has 3 aromatic carbocycles. The van der Waals surface area contributed by atoms with Gasteiger partial charge in [0.2, 0.25) is 0 Å². The smallest absolute Gasteiger partial charge is 0.343 e. The Labute approximate surface area is 209 Å². The van der Waals surface area contributed by atoms with Gasteiger partial charge in [0, 0.05) is 23.9 Å². The number of benzene rings is 3. The minimum absolute atomic E-state index is 0.0720. The molecular weight excluding hydrogens is 463 g/mol. The van der Waals surface area contributed by atoms with Crippen molar-refractivity contribution < 1.29 is 28.2 Å². The zero-order valence-corrected chi connectivity index (χ0v) is 20.0. The van der Waals surface area contributed by atoms with Crippen LogP contribution in [0.3, 0.4) is 0 Å². The molecule has 0 atom stereocenters. The molecule has 0 unspecified atom stereocenters. The molecule has 0 saturated heterocycles. The van der Waals surface area contributed by atoms with Gasteiger partial charge in [-0.15, -0.1) is 0 Å². The van der Waals surface area contributed by atoms with Crippen LogP contribution in [-0.2, 0) is 16.0 Å². The number of unbranched alkanes of at least 4 members (excludes halogenated alkanes) is 1. The molecule has 0 aromatic heterocycles. The number of carbonyl (C=O) groups is 2. The fourth-order valence-electron chi connectivity index (χ4n) is 3.20. The van der Waals surface area contributed by atoms with Crippen LogP contribution in [0, 0.1) is 5.82 Å². The van der Waals surface area contributed by atoms with Crippen molar-refractivity contribution >= 4 is 29.4 Å². The molecule has 0 amide bonds. The van der Waals surface area contributed by atoms with E-state index >= 15 is 0 Å². The first-order valence-electron chi connectivity index (χ1n) is 11.6. The summed E-state index contributed by atoms with van der Waals surface area (Å²) >= 11 is 0. The van der Waals surface area contributed by atoms with Crippen LogP contribution in [0.2, 0.25) is 0 Å². The van der Waals surface area contributed by atoms with E-state index in [-0.39, 0.29) is 23.7 Å². The lowest BCUT2D eigenvalue weighted by Gasteiger charge is -2.08. The number of nitrogen functional groups attached to an aromatic ring is 2. The van der Waals surface area contributed by atoms with Crippen molar-refractivity contribution in [3.05, 3.63) is 89.2 Å². The highest BCUT2D eigenvalue weighted by atomic mass is 19.1. The van der Waals surface area contributed by atoms with Crippen LogP contribution in [0.15, 0.2) is 66.7 Å². The van der Waals surface area contributed by atoms with E-state index in [2.05, 4.69) is 0 Å². The van der Waals surface area contributed by atoms with Gasteiger partial charge < -0.3 is 25.7 Å². The van der Waals surface area contributed by atoms with E-state index in [0.717, 1.165) is 24.5 Å². The zero-order valence-electron chi connectivity index (χ0n) is 20.0. The number of hydrogen-bond acceptors (Lipinski definition) is 7. The lowest BCUT2D eigenvalue weighted by molar-refractivity contribution is -0.137. The molecule has 0 spiro atoms. The lowest BCUT2D eigenvalue weighted by Crippen LogP contribution is -2.09. The largest absolute Gasteiger partial charge is 0.491 e. The average molecular weight is 493 g/mol. The quantitative estimate of drug-likeness (QED) is 0.125. The summed E-state index contributed by atoms with van der Waals surface area (Å²) in [6.45, 7) is 2.60. The van der Waals surface area contributed by atoms with Crippen LogP contribution < -0.4 is 20.9 Å². The highest BCUT2D eigenvalue weighted by molar-refractivity contribution is 5.91. The summed E-state index contributed by atoms with van der Waals surface area (Å²) in [7, 11) is 0. The first kappa shape index (κ1) is 26.3. The van der Waals surface area contributed by atoms with Crippen molar-refractivity contribution in [1.29, 1.82) is 0 Å². The molecule has 0 heterocycles. The molecule has 0 saturated carbocycles. The number of halogens is 1. The van der Waals surface area contributed by atoms with Gasteiger partial charge in [0.05, 0.1) is 18.8 Å². The molecule has 0 bridgehead atoms. The van der Waals surface area contributed by atoms with Crippen molar-refractivity contribution in [3.8, 4) is 11.5 Å². The Hall–Kier alpha value is -4.33. The standard InChI is InChI=1S/C28H29FN2O5/c1-2-3-15-34-26-12-8-21(17-24(26)29)28(33)36-23-10-4-19(5-11-23)6-13-27(32)35-16-14-20-7-9-22(30)18-25(20)31/h4-13,17-18H,2-3,14-16,30-31H2,1H3/b13-6+. The van der Waals surface area contributed by atoms with Crippen LogP contribution >= 0.6 is 0 Å². The minimum Gasteiger partial charge on any atom is -0.491 e. The van der Waals surface area contributed by atoms with E-state index in [1.165, 1.54) is 18.2 Å². The maximum absolute atomic E-state index is 14.2. The van der Waals surface area contributed by atoms with E-state index in [1.807, 2.05) is 6.92 Å². The zero-order chi connectivity index (χ0) is 25.9. The predicted octanol–water partition coefficient (Wildman–Crippen LogP) is 5.19. The van der Waals surface area contributed by atoms with E-state index in [9.17, 15) is 14.0 Å². The van der Waals surface area contributed by atoms with Crippen molar-refractivity contribution in [3.63, 3.8) is 0 Å². The molecule has 0 aliphatic carbocycles. The highest BCUT2D eigenvalue weighted by Crippen LogP contribution is 2.21. The second-order valence-electron chi connectivity index (χ2n) is 8.01. The van der Waals surface area contributed by atoms with Gasteiger partial charge in [0.25, 0.3) is 0 Å². The maximum atomic E-state index is 14.2. The van der Waals surface area contributed by atoms with Crippen LogP contribution in [0.5, 0.6) is 11.5 Å². The first-order valence-corrected chi connectivity index (χ1v) is 11.6. The summed E-state index contributed by atoms with van der Waals surface area (Å²) in [4.78, 5) is 24.3. The first-order chi connectivity index (χ1) is 17.4. The number of hydrogen-bond donors (Lipinski definition) is 2. The predicted molar refractivity (Wildman–Crippen MR) is 137 cm³/mol. The summed E-state index contributed by atoms with van der Waals surface area (Å²) in [6.07, 6.45) is 5.12. The summed E-state index contributed by atoms with van der Waals surface area (Å²) in [6, 6.07) is 15.7. The van der Waals surface area contributed by atoms with Gasteiger partial charge in [0.1, 0.15) is 5.75 Å². The van der Waals surface area contributed by atoms with Crippen LogP contribution in [0.1, 0.15) is 41.3 Å². The van der Waals surface area contributed by atoms with E-state index in [4.69, 9.17) is 25.7 Å². The third-order valence-electron chi connectivity index (χ3n) is 5.21. The Kier molecular flexibility index (Phi) is 9.45. The van der Waals surface area contributed by atoms with Gasteiger partial charge in [-0.2, -0.15) is 0 Å². The molecular formula is C28H29FN2O5.